The molecule has 0 heterocycles. The normalized spacial score (nSPS) is 13.6. The standard InChI is InChI=1S/C42H87BN2O3PSi/c1-4-7-10-13-16-18-20-22-25-28-31-34-41(46)44-39(33-30-27-24-15-12-9-6-3)36-37-40(38-48-50(43)49)45-42(47)35-32-29-26-23-21-19-17-14-11-8-5-2/h39-40,42,45,47H,4-38,49H2,1-3H3,(H,44,46). The lowest BCUT2D eigenvalue weighted by Gasteiger charge is -2.26. The van der Waals surface area contributed by atoms with Crippen LogP contribution in [0.4, 0.5) is 0 Å². The van der Waals surface area contributed by atoms with Gasteiger partial charge in [-0.1, -0.05) is 194 Å². The summed E-state index contributed by atoms with van der Waals surface area (Å²) < 4.78 is 5.88. The molecule has 0 aromatic rings. The molecule has 8 heteroatoms. The van der Waals surface area contributed by atoms with Gasteiger partial charge < -0.3 is 14.8 Å². The summed E-state index contributed by atoms with van der Waals surface area (Å²) in [5.74, 6) is 0.212. The van der Waals surface area contributed by atoms with Crippen LogP contribution >= 0.6 is 8.79 Å². The van der Waals surface area contributed by atoms with E-state index in [2.05, 4.69) is 40.2 Å². The van der Waals surface area contributed by atoms with Crippen LogP contribution in [-0.4, -0.2) is 51.9 Å². The van der Waals surface area contributed by atoms with E-state index in [0.29, 0.717) is 13.0 Å². The van der Waals surface area contributed by atoms with E-state index in [1.165, 1.54) is 161 Å². The third kappa shape index (κ3) is 37.8. The van der Waals surface area contributed by atoms with Gasteiger partial charge in [0.05, 0.1) is 7.44 Å². The Labute approximate surface area is 318 Å². The van der Waals surface area contributed by atoms with Crippen LogP contribution in [0.25, 0.3) is 0 Å². The first-order valence-electron chi connectivity index (χ1n) is 22.2. The number of carbonyl (C=O) groups excluding carboxylic acids is 1. The summed E-state index contributed by atoms with van der Waals surface area (Å²) in [6, 6.07) is 0.208. The van der Waals surface area contributed by atoms with Crippen LogP contribution in [0.3, 0.4) is 0 Å². The van der Waals surface area contributed by atoms with Crippen LogP contribution in [0.1, 0.15) is 239 Å². The second-order valence-electron chi connectivity index (χ2n) is 15.5. The molecule has 0 aliphatic heterocycles. The summed E-state index contributed by atoms with van der Waals surface area (Å²) in [5.41, 5.74) is 0. The third-order valence-electron chi connectivity index (χ3n) is 10.4. The predicted molar refractivity (Wildman–Crippen MR) is 226 cm³/mol. The van der Waals surface area contributed by atoms with Crippen molar-refractivity contribution in [3.63, 3.8) is 0 Å². The summed E-state index contributed by atoms with van der Waals surface area (Å²) in [6.45, 7) is 7.32. The van der Waals surface area contributed by atoms with E-state index in [1.54, 1.807) is 0 Å². The van der Waals surface area contributed by atoms with Gasteiger partial charge in [-0.2, -0.15) is 0 Å². The number of nitrogens with one attached hydrogen (secondary N) is 2. The average molecular weight is 738 g/mol. The van der Waals surface area contributed by atoms with E-state index >= 15 is 0 Å². The van der Waals surface area contributed by atoms with Crippen molar-refractivity contribution in [2.45, 2.75) is 257 Å². The van der Waals surface area contributed by atoms with E-state index in [0.717, 1.165) is 51.4 Å². The number of aliphatic hydroxyl groups excluding tert-OH is 1. The molecule has 0 aliphatic rings. The lowest BCUT2D eigenvalue weighted by molar-refractivity contribution is -0.122. The summed E-state index contributed by atoms with van der Waals surface area (Å²) >= 11 is 0. The van der Waals surface area contributed by atoms with Gasteiger partial charge >= 0.3 is 0 Å². The van der Waals surface area contributed by atoms with Crippen LogP contribution in [0.15, 0.2) is 0 Å². The molecule has 4 unspecified atom stereocenters. The van der Waals surface area contributed by atoms with Crippen LogP contribution in [0, 0.1) is 0 Å². The maximum absolute atomic E-state index is 13.0. The van der Waals surface area contributed by atoms with Gasteiger partial charge in [-0.25, -0.2) is 0 Å². The van der Waals surface area contributed by atoms with Gasteiger partial charge in [-0.3, -0.25) is 10.1 Å². The van der Waals surface area contributed by atoms with Gasteiger partial charge in [0.1, 0.15) is 6.23 Å². The van der Waals surface area contributed by atoms with Crippen molar-refractivity contribution < 1.29 is 14.3 Å². The van der Waals surface area contributed by atoms with Crippen LogP contribution in [0.5, 0.6) is 0 Å². The Morgan fingerprint density at radius 3 is 1.34 bits per heavy atom. The number of aliphatic hydroxyl groups is 1. The number of unbranched alkanes of at least 4 members (excludes halogenated alkanes) is 26. The van der Waals surface area contributed by atoms with Crippen molar-refractivity contribution >= 4 is 30.7 Å². The second kappa shape index (κ2) is 40.3. The van der Waals surface area contributed by atoms with Gasteiger partial charge in [0.2, 0.25) is 5.91 Å². The van der Waals surface area contributed by atoms with Crippen molar-refractivity contribution in [1.82, 2.24) is 10.6 Å². The monoisotopic (exact) mass is 738 g/mol. The Morgan fingerprint density at radius 1 is 0.560 bits per heavy atom. The lowest BCUT2D eigenvalue weighted by atomic mass is 9.99. The van der Waals surface area contributed by atoms with Crippen LogP contribution in [-0.2, 0) is 9.22 Å². The zero-order valence-electron chi connectivity index (χ0n) is 33.9. The summed E-state index contributed by atoms with van der Waals surface area (Å²) in [5, 5.41) is 17.7. The minimum atomic E-state index is -1.39. The zero-order valence-corrected chi connectivity index (χ0v) is 36.1. The Kier molecular flexibility index (Phi) is 40.3. The number of hydrogen-bond donors (Lipinski definition) is 3. The van der Waals surface area contributed by atoms with E-state index in [9.17, 15) is 9.90 Å². The summed E-state index contributed by atoms with van der Waals surface area (Å²) in [7, 11) is 7.22. The fourth-order valence-electron chi connectivity index (χ4n) is 7.06. The first-order chi connectivity index (χ1) is 24.4. The molecule has 3 N–H and O–H groups in total. The highest BCUT2D eigenvalue weighted by Gasteiger charge is 2.19. The number of carbonyl (C=O) groups is 1. The van der Waals surface area contributed by atoms with Gasteiger partial charge in [-0.15, -0.1) is 8.79 Å². The molecule has 4 atom stereocenters. The maximum atomic E-state index is 13.0. The quantitative estimate of drug-likeness (QED) is 0.0253. The Balaban J connectivity index is 4.61. The Morgan fingerprint density at radius 2 is 0.920 bits per heavy atom. The number of hydrogen-bond acceptors (Lipinski definition) is 4. The topological polar surface area (TPSA) is 70.6 Å². The van der Waals surface area contributed by atoms with Gasteiger partial charge in [0.25, 0.3) is 0 Å². The van der Waals surface area contributed by atoms with Crippen molar-refractivity contribution in [2.24, 2.45) is 0 Å². The van der Waals surface area contributed by atoms with Gasteiger partial charge in [0.15, 0.2) is 8.58 Å². The van der Waals surface area contributed by atoms with Crippen molar-refractivity contribution in [3.05, 3.63) is 0 Å². The highest BCUT2D eigenvalue weighted by atomic mass is 31.3. The molecular weight excluding hydrogens is 650 g/mol. The molecule has 0 aromatic carbocycles. The van der Waals surface area contributed by atoms with Crippen LogP contribution in [0.2, 0.25) is 0 Å². The summed E-state index contributed by atoms with van der Waals surface area (Å²) in [6.07, 6.45) is 41.3. The molecule has 5 nitrogen and oxygen atoms in total. The zero-order chi connectivity index (χ0) is 36.8. The molecule has 0 aromatic heterocycles. The molecule has 0 saturated heterocycles. The Bertz CT molecular complexity index is 693. The van der Waals surface area contributed by atoms with Crippen molar-refractivity contribution in [1.29, 1.82) is 0 Å². The smallest absolute Gasteiger partial charge is 0.220 e. The fraction of sp³-hybridized carbons (Fsp3) is 0.976. The first kappa shape index (κ1) is 50.1. The SMILES string of the molecule is [B][Si](P)OCC(CCC(CCCCCCCCC)NC(=O)CCCCCCCCCCCCC)NC(O)CCCCCCCCCCCCC. The van der Waals surface area contributed by atoms with Gasteiger partial charge in [0, 0.05) is 25.1 Å². The highest BCUT2D eigenvalue weighted by Crippen LogP contribution is 2.17. The molecule has 0 bridgehead atoms. The number of rotatable bonds is 41. The van der Waals surface area contributed by atoms with Gasteiger partial charge in [-0.05, 0) is 38.5 Å². The number of amides is 1. The molecular formula is C42H87BN2O3PSi. The second-order valence-corrected chi connectivity index (χ2v) is 18.3. The predicted octanol–water partition coefficient (Wildman–Crippen LogP) is 12.1. The minimum absolute atomic E-state index is 0.0295. The van der Waals surface area contributed by atoms with Crippen molar-refractivity contribution in [2.75, 3.05) is 6.61 Å². The third-order valence-corrected chi connectivity index (χ3v) is 11.4. The first-order valence-corrected chi connectivity index (χ1v) is 25.5. The Hall–Kier alpha value is 0.0618. The van der Waals surface area contributed by atoms with E-state index in [4.69, 9.17) is 11.9 Å². The van der Waals surface area contributed by atoms with E-state index < -0.39 is 14.8 Å². The molecule has 1 amide bonds. The molecule has 0 aliphatic carbocycles. The molecule has 0 spiro atoms. The lowest BCUT2D eigenvalue weighted by Crippen LogP contribution is -2.43. The van der Waals surface area contributed by atoms with Crippen molar-refractivity contribution in [3.8, 4) is 0 Å². The molecule has 3 radical (unpaired) electrons. The fourth-order valence-corrected chi connectivity index (χ4v) is 7.74. The maximum Gasteiger partial charge on any atom is 0.220 e. The highest BCUT2D eigenvalue weighted by molar-refractivity contribution is 7.70. The van der Waals surface area contributed by atoms with E-state index in [-0.39, 0.29) is 18.0 Å². The average Bonchev–Trinajstić information content (AvgIpc) is 3.10. The molecule has 50 heavy (non-hydrogen) atoms. The summed E-state index contributed by atoms with van der Waals surface area (Å²) in [4.78, 5) is 13.0. The van der Waals surface area contributed by atoms with E-state index in [1.807, 2.05) is 0 Å². The van der Waals surface area contributed by atoms with Crippen LogP contribution < -0.4 is 10.6 Å². The largest absolute Gasteiger partial charge is 0.420 e. The molecule has 0 rings (SSSR count). The molecule has 0 fully saturated rings. The molecule has 0 saturated carbocycles. The molecule has 295 valence electrons. The minimum Gasteiger partial charge on any atom is -0.420 e.